The first-order chi connectivity index (χ1) is 11.3. The highest BCUT2D eigenvalue weighted by Crippen LogP contribution is 2.18. The van der Waals surface area contributed by atoms with Crippen molar-refractivity contribution in [2.75, 3.05) is 50.7 Å². The van der Waals surface area contributed by atoms with E-state index in [0.717, 1.165) is 49.4 Å². The van der Waals surface area contributed by atoms with E-state index in [4.69, 9.17) is 0 Å². The molecule has 4 rings (SSSR count). The maximum absolute atomic E-state index is 4.50. The molecule has 0 bridgehead atoms. The van der Waals surface area contributed by atoms with E-state index in [2.05, 4.69) is 30.2 Å². The van der Waals surface area contributed by atoms with Crippen molar-refractivity contribution >= 4 is 23.9 Å². The molecule has 0 amide bonds. The maximum atomic E-state index is 4.50. The molecule has 2 fully saturated rings. The molecule has 0 spiro atoms. The first-order valence-corrected chi connectivity index (χ1v) is 8.65. The van der Waals surface area contributed by atoms with E-state index in [-0.39, 0.29) is 12.4 Å². The van der Waals surface area contributed by atoms with E-state index in [1.54, 1.807) is 6.20 Å². The zero-order valence-electron chi connectivity index (χ0n) is 14.2. The molecule has 1 atom stereocenters. The van der Waals surface area contributed by atoms with Crippen LogP contribution in [0.2, 0.25) is 0 Å². The molecule has 24 heavy (non-hydrogen) atoms. The van der Waals surface area contributed by atoms with Crippen molar-refractivity contribution in [3.63, 3.8) is 0 Å². The molecule has 0 aliphatic carbocycles. The van der Waals surface area contributed by atoms with Gasteiger partial charge in [-0.15, -0.1) is 17.5 Å². The number of fused-ring (bicyclic) bond motifs is 1. The van der Waals surface area contributed by atoms with Crippen LogP contribution in [0.25, 0.3) is 5.65 Å². The van der Waals surface area contributed by atoms with Crippen LogP contribution in [0.3, 0.4) is 0 Å². The number of anilines is 1. The highest BCUT2D eigenvalue weighted by molar-refractivity contribution is 5.85. The van der Waals surface area contributed by atoms with Crippen molar-refractivity contribution in [2.24, 2.45) is 5.92 Å². The van der Waals surface area contributed by atoms with Gasteiger partial charge in [0.25, 0.3) is 0 Å². The fraction of sp³-hybridized carbons (Fsp3) is 0.688. The minimum Gasteiger partial charge on any atom is -0.353 e. The number of halogens is 1. The van der Waals surface area contributed by atoms with Gasteiger partial charge in [0.05, 0.1) is 12.4 Å². The van der Waals surface area contributed by atoms with Gasteiger partial charge in [-0.2, -0.15) is 4.52 Å². The lowest BCUT2D eigenvalue weighted by molar-refractivity contribution is 0.198. The zero-order valence-corrected chi connectivity index (χ0v) is 15.0. The molecule has 132 valence electrons. The fourth-order valence-corrected chi connectivity index (χ4v) is 3.73. The Morgan fingerprint density at radius 3 is 2.79 bits per heavy atom. The van der Waals surface area contributed by atoms with Gasteiger partial charge in [0.1, 0.15) is 5.82 Å². The van der Waals surface area contributed by atoms with Crippen LogP contribution >= 0.6 is 12.4 Å². The Morgan fingerprint density at radius 1 is 1.21 bits per heavy atom. The Bertz CT molecular complexity index is 659. The second-order valence-corrected chi connectivity index (χ2v) is 6.69. The number of aryl methyl sites for hydroxylation is 1. The quantitative estimate of drug-likeness (QED) is 0.889. The number of hydrogen-bond acceptors (Lipinski definition) is 6. The number of piperazine rings is 1. The van der Waals surface area contributed by atoms with Crippen LogP contribution in [0.15, 0.2) is 12.4 Å². The molecular formula is C16H26ClN7. The van der Waals surface area contributed by atoms with Gasteiger partial charge in [-0.05, 0) is 38.8 Å². The van der Waals surface area contributed by atoms with Crippen LogP contribution in [-0.4, -0.2) is 70.3 Å². The first kappa shape index (κ1) is 17.4. The molecule has 2 aromatic rings. The minimum atomic E-state index is 0. The third-order valence-corrected chi connectivity index (χ3v) is 4.95. The van der Waals surface area contributed by atoms with Crippen molar-refractivity contribution in [3.05, 3.63) is 18.2 Å². The van der Waals surface area contributed by atoms with Crippen LogP contribution in [0.1, 0.15) is 18.7 Å². The van der Waals surface area contributed by atoms with Gasteiger partial charge in [-0.25, -0.2) is 4.98 Å². The molecule has 0 radical (unpaired) electrons. The van der Waals surface area contributed by atoms with E-state index in [0.29, 0.717) is 0 Å². The summed E-state index contributed by atoms with van der Waals surface area (Å²) >= 11 is 0. The summed E-state index contributed by atoms with van der Waals surface area (Å²) in [7, 11) is 0. The highest BCUT2D eigenvalue weighted by Gasteiger charge is 2.23. The van der Waals surface area contributed by atoms with Crippen LogP contribution in [0, 0.1) is 12.8 Å². The monoisotopic (exact) mass is 351 g/mol. The molecule has 1 unspecified atom stereocenters. The fourth-order valence-electron chi connectivity index (χ4n) is 3.73. The molecule has 2 aromatic heterocycles. The largest absolute Gasteiger partial charge is 0.353 e. The lowest BCUT2D eigenvalue weighted by Gasteiger charge is -2.38. The Kier molecular flexibility index (Phi) is 5.53. The van der Waals surface area contributed by atoms with E-state index in [9.17, 15) is 0 Å². The van der Waals surface area contributed by atoms with Gasteiger partial charge >= 0.3 is 0 Å². The topological polar surface area (TPSA) is 61.6 Å². The average molecular weight is 352 g/mol. The smallest absolute Gasteiger partial charge is 0.176 e. The molecule has 2 aliphatic rings. The lowest BCUT2D eigenvalue weighted by atomic mass is 9.99. The first-order valence-electron chi connectivity index (χ1n) is 8.65. The van der Waals surface area contributed by atoms with Crippen LogP contribution < -0.4 is 10.2 Å². The summed E-state index contributed by atoms with van der Waals surface area (Å²) in [6, 6.07) is 0. The minimum absolute atomic E-state index is 0. The molecular weight excluding hydrogens is 326 g/mol. The van der Waals surface area contributed by atoms with Crippen LogP contribution in [0.4, 0.5) is 5.82 Å². The maximum Gasteiger partial charge on any atom is 0.176 e. The Labute approximate surface area is 148 Å². The molecule has 0 saturated carbocycles. The van der Waals surface area contributed by atoms with Crippen molar-refractivity contribution in [1.82, 2.24) is 29.8 Å². The molecule has 8 heteroatoms. The number of hydrogen-bond donors (Lipinski definition) is 1. The van der Waals surface area contributed by atoms with Crippen molar-refractivity contribution < 1.29 is 0 Å². The van der Waals surface area contributed by atoms with E-state index < -0.39 is 0 Å². The standard InChI is InChI=1S/C16H25N7.ClH/c1-13-19-15-10-18-11-16(23(15)20-13)22-7-5-21(6-8-22)12-14-3-2-4-17-9-14;/h10-11,14,17H,2-9,12H2,1H3;1H. The number of nitrogens with zero attached hydrogens (tertiary/aromatic N) is 6. The van der Waals surface area contributed by atoms with Crippen molar-refractivity contribution in [1.29, 1.82) is 0 Å². The van der Waals surface area contributed by atoms with Crippen LogP contribution in [0.5, 0.6) is 0 Å². The summed E-state index contributed by atoms with van der Waals surface area (Å²) in [5.74, 6) is 2.67. The normalized spacial score (nSPS) is 22.5. The summed E-state index contributed by atoms with van der Waals surface area (Å²) in [4.78, 5) is 13.7. The van der Waals surface area contributed by atoms with Crippen molar-refractivity contribution in [3.8, 4) is 0 Å². The van der Waals surface area contributed by atoms with E-state index in [1.165, 1.54) is 32.5 Å². The van der Waals surface area contributed by atoms with Gasteiger partial charge < -0.3 is 10.2 Å². The summed E-state index contributed by atoms with van der Waals surface area (Å²) in [5, 5.41) is 8.02. The summed E-state index contributed by atoms with van der Waals surface area (Å²) in [6.45, 7) is 9.81. The lowest BCUT2D eigenvalue weighted by Crippen LogP contribution is -2.49. The Balaban J connectivity index is 0.00000169. The SMILES string of the molecule is Cc1nc2cncc(N3CCN(CC4CCCNC4)CC3)n2n1.Cl. The van der Waals surface area contributed by atoms with E-state index >= 15 is 0 Å². The van der Waals surface area contributed by atoms with Gasteiger partial charge in [0.2, 0.25) is 0 Å². The van der Waals surface area contributed by atoms with E-state index in [1.807, 2.05) is 17.6 Å². The number of aromatic nitrogens is 4. The Morgan fingerprint density at radius 2 is 2.04 bits per heavy atom. The van der Waals surface area contributed by atoms with Crippen LogP contribution in [-0.2, 0) is 0 Å². The van der Waals surface area contributed by atoms with Crippen molar-refractivity contribution in [2.45, 2.75) is 19.8 Å². The molecule has 2 saturated heterocycles. The van der Waals surface area contributed by atoms with Gasteiger partial charge in [-0.3, -0.25) is 9.88 Å². The average Bonchev–Trinajstić information content (AvgIpc) is 2.97. The zero-order chi connectivity index (χ0) is 15.6. The van der Waals surface area contributed by atoms with Gasteiger partial charge in [0, 0.05) is 32.7 Å². The summed E-state index contributed by atoms with van der Waals surface area (Å²) in [6.07, 6.45) is 6.37. The summed E-state index contributed by atoms with van der Waals surface area (Å²) < 4.78 is 1.92. The molecule has 7 nitrogen and oxygen atoms in total. The third-order valence-electron chi connectivity index (χ3n) is 4.95. The molecule has 0 aromatic carbocycles. The third kappa shape index (κ3) is 3.63. The molecule has 2 aliphatic heterocycles. The molecule has 1 N–H and O–H groups in total. The summed E-state index contributed by atoms with van der Waals surface area (Å²) in [5.41, 5.74) is 0.829. The number of piperidine rings is 1. The predicted molar refractivity (Wildman–Crippen MR) is 97.0 cm³/mol. The molecule has 4 heterocycles. The Hall–Kier alpha value is -1.44. The predicted octanol–water partition coefficient (Wildman–Crippen LogP) is 0.976. The van der Waals surface area contributed by atoms with Gasteiger partial charge in [-0.1, -0.05) is 0 Å². The number of nitrogens with one attached hydrogen (secondary N) is 1. The second kappa shape index (κ2) is 7.63. The highest BCUT2D eigenvalue weighted by atomic mass is 35.5. The second-order valence-electron chi connectivity index (χ2n) is 6.69. The number of rotatable bonds is 3. The van der Waals surface area contributed by atoms with Gasteiger partial charge in [0.15, 0.2) is 11.5 Å².